The molecule has 0 aromatic carbocycles. The first-order valence-electron chi connectivity index (χ1n) is 5.53. The van der Waals surface area contributed by atoms with Crippen molar-refractivity contribution in [3.05, 3.63) is 23.7 Å². The molecule has 1 rings (SSSR count). The van der Waals surface area contributed by atoms with Crippen LogP contribution in [0.1, 0.15) is 50.7 Å². The fourth-order valence-electron chi connectivity index (χ4n) is 1.48. The molecule has 14 heavy (non-hydrogen) atoms. The van der Waals surface area contributed by atoms with E-state index in [0.29, 0.717) is 6.04 Å². The lowest BCUT2D eigenvalue weighted by Gasteiger charge is -2.10. The summed E-state index contributed by atoms with van der Waals surface area (Å²) in [7, 11) is 0. The highest BCUT2D eigenvalue weighted by molar-refractivity contribution is 5.08. The number of furan rings is 1. The second-order valence-corrected chi connectivity index (χ2v) is 3.83. The summed E-state index contributed by atoms with van der Waals surface area (Å²) in [6.45, 7) is 7.42. The minimum atomic E-state index is 0.334. The maximum Gasteiger partial charge on any atom is 0.120 e. The van der Waals surface area contributed by atoms with Crippen molar-refractivity contribution < 1.29 is 4.42 Å². The van der Waals surface area contributed by atoms with Gasteiger partial charge in [-0.15, -0.1) is 0 Å². The minimum absolute atomic E-state index is 0.334. The summed E-state index contributed by atoms with van der Waals surface area (Å²) in [5.74, 6) is 2.03. The summed E-state index contributed by atoms with van der Waals surface area (Å²) in [6.07, 6.45) is 3.83. The third-order valence-corrected chi connectivity index (χ3v) is 2.42. The molecule has 0 amide bonds. The van der Waals surface area contributed by atoms with Crippen molar-refractivity contribution >= 4 is 0 Å². The summed E-state index contributed by atoms with van der Waals surface area (Å²) < 4.78 is 5.54. The number of aryl methyl sites for hydroxylation is 1. The molecule has 0 radical (unpaired) electrons. The van der Waals surface area contributed by atoms with Gasteiger partial charge in [0.15, 0.2) is 0 Å². The van der Waals surface area contributed by atoms with Gasteiger partial charge in [0.25, 0.3) is 0 Å². The zero-order chi connectivity index (χ0) is 10.4. The molecule has 0 bridgehead atoms. The highest BCUT2D eigenvalue weighted by Gasteiger charge is 2.07. The first kappa shape index (κ1) is 11.3. The molecule has 2 nitrogen and oxygen atoms in total. The van der Waals surface area contributed by atoms with E-state index >= 15 is 0 Å². The summed E-state index contributed by atoms with van der Waals surface area (Å²) in [4.78, 5) is 0. The van der Waals surface area contributed by atoms with Gasteiger partial charge in [0.2, 0.25) is 0 Å². The molecule has 0 aliphatic rings. The lowest BCUT2D eigenvalue weighted by molar-refractivity contribution is 0.413. The normalized spacial score (nSPS) is 13.1. The molecule has 0 unspecified atom stereocenters. The van der Waals surface area contributed by atoms with Crippen LogP contribution in [0.5, 0.6) is 0 Å². The van der Waals surface area contributed by atoms with Crippen molar-refractivity contribution in [2.45, 2.75) is 46.1 Å². The highest BCUT2D eigenvalue weighted by atomic mass is 16.3. The van der Waals surface area contributed by atoms with Crippen LogP contribution in [-0.2, 0) is 0 Å². The lowest BCUT2D eigenvalue weighted by atomic mass is 10.2. The average molecular weight is 195 g/mol. The lowest BCUT2D eigenvalue weighted by Crippen LogP contribution is -2.19. The van der Waals surface area contributed by atoms with Crippen LogP contribution < -0.4 is 5.32 Å². The van der Waals surface area contributed by atoms with Gasteiger partial charge in [-0.3, -0.25) is 0 Å². The molecule has 0 fully saturated rings. The van der Waals surface area contributed by atoms with E-state index < -0.39 is 0 Å². The van der Waals surface area contributed by atoms with Crippen LogP contribution in [0.2, 0.25) is 0 Å². The van der Waals surface area contributed by atoms with Gasteiger partial charge in [-0.25, -0.2) is 0 Å². The molecule has 0 spiro atoms. The zero-order valence-corrected chi connectivity index (χ0v) is 9.47. The van der Waals surface area contributed by atoms with Crippen molar-refractivity contribution in [3.8, 4) is 0 Å². The molecule has 1 aromatic rings. The van der Waals surface area contributed by atoms with Crippen LogP contribution in [0, 0.1) is 6.92 Å². The predicted molar refractivity (Wildman–Crippen MR) is 59.4 cm³/mol. The Morgan fingerprint density at radius 1 is 1.36 bits per heavy atom. The highest BCUT2D eigenvalue weighted by Crippen LogP contribution is 2.15. The molecule has 0 saturated carbocycles. The maximum absolute atomic E-state index is 5.54. The molecule has 1 atom stereocenters. The number of unbranched alkanes of at least 4 members (excludes halogenated alkanes) is 2. The second kappa shape index (κ2) is 5.86. The number of rotatable bonds is 6. The molecule has 80 valence electrons. The van der Waals surface area contributed by atoms with Crippen molar-refractivity contribution in [2.24, 2.45) is 0 Å². The Kier molecular flexibility index (Phi) is 4.74. The monoisotopic (exact) mass is 195 g/mol. The van der Waals surface area contributed by atoms with Crippen LogP contribution in [0.25, 0.3) is 0 Å². The standard InChI is InChI=1S/C12H21NO/c1-4-5-6-9-13-11(3)12-8-7-10(2)14-12/h7-8,11,13H,4-6,9H2,1-3H3/t11-/m0/s1. The first-order chi connectivity index (χ1) is 6.74. The zero-order valence-electron chi connectivity index (χ0n) is 9.47. The fourth-order valence-corrected chi connectivity index (χ4v) is 1.48. The van der Waals surface area contributed by atoms with Crippen LogP contribution >= 0.6 is 0 Å². The van der Waals surface area contributed by atoms with Crippen LogP contribution in [0.3, 0.4) is 0 Å². The van der Waals surface area contributed by atoms with E-state index in [1.165, 1.54) is 19.3 Å². The molecule has 2 heteroatoms. The number of hydrogen-bond acceptors (Lipinski definition) is 2. The summed E-state index contributed by atoms with van der Waals surface area (Å²) in [5.41, 5.74) is 0. The van der Waals surface area contributed by atoms with Gasteiger partial charge in [0.05, 0.1) is 6.04 Å². The Balaban J connectivity index is 2.25. The molecular formula is C12H21NO. The van der Waals surface area contributed by atoms with Gasteiger partial charge in [-0.05, 0) is 38.9 Å². The van der Waals surface area contributed by atoms with E-state index in [1.54, 1.807) is 0 Å². The Morgan fingerprint density at radius 3 is 2.71 bits per heavy atom. The third kappa shape index (κ3) is 3.54. The molecule has 0 saturated heterocycles. The predicted octanol–water partition coefficient (Wildman–Crippen LogP) is 3.43. The van der Waals surface area contributed by atoms with E-state index in [1.807, 2.05) is 19.1 Å². The van der Waals surface area contributed by atoms with Gasteiger partial charge in [-0.2, -0.15) is 0 Å². The molecule has 0 aliphatic heterocycles. The smallest absolute Gasteiger partial charge is 0.120 e. The molecule has 0 aliphatic carbocycles. The number of nitrogens with one attached hydrogen (secondary N) is 1. The van der Waals surface area contributed by atoms with E-state index in [2.05, 4.69) is 19.2 Å². The Morgan fingerprint density at radius 2 is 2.14 bits per heavy atom. The summed E-state index contributed by atoms with van der Waals surface area (Å²) >= 11 is 0. The van der Waals surface area contributed by atoms with Crippen molar-refractivity contribution in [3.63, 3.8) is 0 Å². The summed E-state index contributed by atoms with van der Waals surface area (Å²) in [5, 5.41) is 3.45. The van der Waals surface area contributed by atoms with Crippen molar-refractivity contribution in [1.29, 1.82) is 0 Å². The Hall–Kier alpha value is -0.760. The SMILES string of the molecule is CCCCCN[C@@H](C)c1ccc(C)o1. The van der Waals surface area contributed by atoms with Gasteiger partial charge in [-0.1, -0.05) is 19.8 Å². The van der Waals surface area contributed by atoms with E-state index in [9.17, 15) is 0 Å². The van der Waals surface area contributed by atoms with Crippen LogP contribution in [-0.4, -0.2) is 6.54 Å². The van der Waals surface area contributed by atoms with Gasteiger partial charge in [0.1, 0.15) is 11.5 Å². The Labute approximate surface area is 86.7 Å². The van der Waals surface area contributed by atoms with E-state index in [4.69, 9.17) is 4.42 Å². The molecular weight excluding hydrogens is 174 g/mol. The van der Waals surface area contributed by atoms with Gasteiger partial charge < -0.3 is 9.73 Å². The first-order valence-corrected chi connectivity index (χ1v) is 5.53. The summed E-state index contributed by atoms with van der Waals surface area (Å²) in [6, 6.07) is 4.40. The largest absolute Gasteiger partial charge is 0.465 e. The molecule has 1 N–H and O–H groups in total. The average Bonchev–Trinajstić information content (AvgIpc) is 2.59. The van der Waals surface area contributed by atoms with E-state index in [-0.39, 0.29) is 0 Å². The van der Waals surface area contributed by atoms with Crippen LogP contribution in [0.4, 0.5) is 0 Å². The molecule has 1 aromatic heterocycles. The quantitative estimate of drug-likeness (QED) is 0.703. The number of hydrogen-bond donors (Lipinski definition) is 1. The fraction of sp³-hybridized carbons (Fsp3) is 0.667. The maximum atomic E-state index is 5.54. The van der Waals surface area contributed by atoms with E-state index in [0.717, 1.165) is 18.1 Å². The van der Waals surface area contributed by atoms with Crippen molar-refractivity contribution in [1.82, 2.24) is 5.32 Å². The molecule has 1 heterocycles. The van der Waals surface area contributed by atoms with Crippen molar-refractivity contribution in [2.75, 3.05) is 6.54 Å². The third-order valence-electron chi connectivity index (χ3n) is 2.42. The Bertz CT molecular complexity index is 255. The topological polar surface area (TPSA) is 25.2 Å². The minimum Gasteiger partial charge on any atom is -0.465 e. The van der Waals surface area contributed by atoms with Crippen LogP contribution in [0.15, 0.2) is 16.5 Å². The second-order valence-electron chi connectivity index (χ2n) is 3.83. The van der Waals surface area contributed by atoms with Gasteiger partial charge >= 0.3 is 0 Å². The van der Waals surface area contributed by atoms with Gasteiger partial charge in [0, 0.05) is 0 Å².